The molecule has 1 rings (SSSR count). The van der Waals surface area contributed by atoms with Crippen molar-refractivity contribution in [3.8, 4) is 0 Å². The number of carbonyl (C=O) groups excluding carboxylic acids is 2. The fourth-order valence-corrected chi connectivity index (χ4v) is 1.55. The van der Waals surface area contributed by atoms with E-state index in [0.29, 0.717) is 5.56 Å². The molecule has 1 heterocycles. The molecule has 0 bridgehead atoms. The first-order chi connectivity index (χ1) is 10.7. The monoisotopic (exact) mass is 325 g/mol. The van der Waals surface area contributed by atoms with Crippen LogP contribution in [0.15, 0.2) is 24.0 Å². The van der Waals surface area contributed by atoms with E-state index in [1.54, 1.807) is 20.8 Å². The van der Waals surface area contributed by atoms with E-state index in [1.165, 1.54) is 25.4 Å². The van der Waals surface area contributed by atoms with Crippen LogP contribution in [0, 0.1) is 5.82 Å². The minimum absolute atomic E-state index is 0.0687. The van der Waals surface area contributed by atoms with Crippen LogP contribution in [0.1, 0.15) is 46.6 Å². The zero-order valence-electron chi connectivity index (χ0n) is 14.5. The van der Waals surface area contributed by atoms with Crippen molar-refractivity contribution in [1.29, 1.82) is 0 Å². The topological polar surface area (TPSA) is 65.5 Å². The first-order valence-electron chi connectivity index (χ1n) is 7.32. The van der Waals surface area contributed by atoms with Gasteiger partial charge in [-0.25, -0.2) is 9.18 Å². The highest BCUT2D eigenvalue weighted by Gasteiger charge is 2.20. The third kappa shape index (κ3) is 8.70. The minimum Gasteiger partial charge on any atom is -0.466 e. The van der Waals surface area contributed by atoms with Gasteiger partial charge >= 0.3 is 11.9 Å². The maximum absolute atomic E-state index is 13.1. The van der Waals surface area contributed by atoms with Gasteiger partial charge in [-0.15, -0.1) is 0 Å². The number of esters is 2. The lowest BCUT2D eigenvalue weighted by Crippen LogP contribution is -2.24. The Morgan fingerprint density at radius 2 is 1.87 bits per heavy atom. The zero-order chi connectivity index (χ0) is 18.0. The molecule has 0 fully saturated rings. The second-order valence-electron chi connectivity index (χ2n) is 5.36. The highest BCUT2D eigenvalue weighted by atomic mass is 19.1. The predicted octanol–water partition coefficient (Wildman–Crippen LogP) is 3.54. The van der Waals surface area contributed by atoms with Crippen LogP contribution in [-0.4, -0.2) is 29.6 Å². The zero-order valence-corrected chi connectivity index (χ0v) is 14.5. The summed E-state index contributed by atoms with van der Waals surface area (Å²) in [5.74, 6) is -1.78. The molecule has 1 aromatic heterocycles. The van der Waals surface area contributed by atoms with Crippen LogP contribution >= 0.6 is 0 Å². The van der Waals surface area contributed by atoms with Crippen LogP contribution in [0.25, 0.3) is 6.08 Å². The molecule has 0 N–H and O–H groups in total. The van der Waals surface area contributed by atoms with Crippen LogP contribution in [0.3, 0.4) is 0 Å². The van der Waals surface area contributed by atoms with Gasteiger partial charge in [0.25, 0.3) is 0 Å². The molecular formula is C17H24FNO4. The van der Waals surface area contributed by atoms with Crippen molar-refractivity contribution in [2.45, 2.75) is 46.6 Å². The van der Waals surface area contributed by atoms with Gasteiger partial charge in [-0.3, -0.25) is 9.78 Å². The lowest BCUT2D eigenvalue weighted by molar-refractivity contribution is -0.155. The summed E-state index contributed by atoms with van der Waals surface area (Å²) in [5.41, 5.74) is -0.225. The van der Waals surface area contributed by atoms with Crippen LogP contribution in [0.2, 0.25) is 0 Å². The summed E-state index contributed by atoms with van der Waals surface area (Å²) in [5, 5.41) is 0. The molecule has 128 valence electrons. The molecule has 0 atom stereocenters. The Labute approximate surface area is 136 Å². The molecule has 0 unspecified atom stereocenters. The number of halogens is 1. The quantitative estimate of drug-likeness (QED) is 0.626. The van der Waals surface area contributed by atoms with Crippen molar-refractivity contribution < 1.29 is 23.5 Å². The second kappa shape index (κ2) is 9.71. The summed E-state index contributed by atoms with van der Waals surface area (Å²) >= 11 is 0. The first kappa shape index (κ1) is 20.8. The minimum atomic E-state index is -0.676. The first-order valence-corrected chi connectivity index (χ1v) is 7.32. The molecule has 0 saturated heterocycles. The number of hydrogen-bond donors (Lipinski definition) is 0. The predicted molar refractivity (Wildman–Crippen MR) is 86.0 cm³/mol. The number of ether oxygens (including phenoxy) is 2. The van der Waals surface area contributed by atoms with Gasteiger partial charge < -0.3 is 9.47 Å². The highest BCUT2D eigenvalue weighted by Crippen LogP contribution is 2.15. The number of hydrogen-bond acceptors (Lipinski definition) is 5. The largest absolute Gasteiger partial charge is 0.466 e. The molecule has 23 heavy (non-hydrogen) atoms. The van der Waals surface area contributed by atoms with Gasteiger partial charge in [0.2, 0.25) is 0 Å². The summed E-state index contributed by atoms with van der Waals surface area (Å²) in [4.78, 5) is 27.1. The van der Waals surface area contributed by atoms with Crippen LogP contribution in [0.4, 0.5) is 4.39 Å². The van der Waals surface area contributed by atoms with Crippen LogP contribution < -0.4 is 0 Å². The third-order valence-electron chi connectivity index (χ3n) is 2.27. The van der Waals surface area contributed by atoms with E-state index in [2.05, 4.69) is 9.72 Å². The van der Waals surface area contributed by atoms with Crippen LogP contribution in [0.5, 0.6) is 0 Å². The molecule has 0 aliphatic carbocycles. The third-order valence-corrected chi connectivity index (χ3v) is 2.27. The maximum atomic E-state index is 13.1. The van der Waals surface area contributed by atoms with E-state index >= 15 is 0 Å². The molecule has 0 radical (unpaired) electrons. The summed E-state index contributed by atoms with van der Waals surface area (Å²) in [6, 6.07) is 1.20. The average Bonchev–Trinajstić information content (AvgIpc) is 2.46. The van der Waals surface area contributed by atoms with Crippen molar-refractivity contribution in [2.24, 2.45) is 0 Å². The Morgan fingerprint density at radius 3 is 2.35 bits per heavy atom. The van der Waals surface area contributed by atoms with Gasteiger partial charge in [0.15, 0.2) is 0 Å². The van der Waals surface area contributed by atoms with Gasteiger partial charge in [0.05, 0.1) is 19.7 Å². The number of methoxy groups -OCH3 is 1. The van der Waals surface area contributed by atoms with Crippen molar-refractivity contribution in [3.05, 3.63) is 35.4 Å². The highest BCUT2D eigenvalue weighted by molar-refractivity contribution is 5.98. The molecule has 0 amide bonds. The van der Waals surface area contributed by atoms with Crippen molar-refractivity contribution in [1.82, 2.24) is 4.98 Å². The molecule has 0 aliphatic rings. The number of nitrogens with zero attached hydrogens (tertiary/aromatic N) is 1. The maximum Gasteiger partial charge on any atom is 0.334 e. The fraction of sp³-hybridized carbons (Fsp3) is 0.471. The average molecular weight is 325 g/mol. The number of aromatic nitrogens is 1. The van der Waals surface area contributed by atoms with Gasteiger partial charge in [-0.05, 0) is 38.5 Å². The van der Waals surface area contributed by atoms with Crippen molar-refractivity contribution in [3.63, 3.8) is 0 Å². The van der Waals surface area contributed by atoms with Crippen molar-refractivity contribution >= 4 is 18.0 Å². The molecule has 0 aliphatic heterocycles. The number of rotatable bonds is 4. The summed E-state index contributed by atoms with van der Waals surface area (Å²) in [6.45, 7) is 9.18. The number of pyridine rings is 1. The van der Waals surface area contributed by atoms with Gasteiger partial charge in [0.1, 0.15) is 11.4 Å². The Morgan fingerprint density at radius 1 is 1.26 bits per heavy atom. The van der Waals surface area contributed by atoms with E-state index < -0.39 is 23.4 Å². The Bertz CT molecular complexity index is 562. The van der Waals surface area contributed by atoms with E-state index in [-0.39, 0.29) is 12.0 Å². The Hall–Kier alpha value is -2.24. The summed E-state index contributed by atoms with van der Waals surface area (Å²) in [6.07, 6.45) is 3.51. The van der Waals surface area contributed by atoms with Gasteiger partial charge in [-0.1, -0.05) is 13.8 Å². The SMILES string of the molecule is CC.COC(=O)/C(=C/c1cncc(F)c1)CC(=O)OC(C)(C)C. The standard InChI is InChI=1S/C15H18FNO4.C2H6/c1-15(2,3)21-13(18)7-11(14(19)20-4)5-10-6-12(16)9-17-8-10;1-2/h5-6,8-9H,7H2,1-4H3;1-2H3/b11-5+;. The summed E-state index contributed by atoms with van der Waals surface area (Å²) in [7, 11) is 1.20. The molecule has 6 heteroatoms. The van der Waals surface area contributed by atoms with Gasteiger partial charge in [0, 0.05) is 11.8 Å². The molecular weight excluding hydrogens is 301 g/mol. The van der Waals surface area contributed by atoms with E-state index in [9.17, 15) is 14.0 Å². The van der Waals surface area contributed by atoms with E-state index in [1.807, 2.05) is 13.8 Å². The molecule has 5 nitrogen and oxygen atoms in total. The Kier molecular flexibility index (Phi) is 8.77. The van der Waals surface area contributed by atoms with Crippen molar-refractivity contribution in [2.75, 3.05) is 7.11 Å². The number of carbonyl (C=O) groups is 2. The lowest BCUT2D eigenvalue weighted by Gasteiger charge is -2.19. The fourth-order valence-electron chi connectivity index (χ4n) is 1.55. The van der Waals surface area contributed by atoms with Crippen LogP contribution in [-0.2, 0) is 19.1 Å². The molecule has 0 saturated carbocycles. The molecule has 1 aromatic rings. The lowest BCUT2D eigenvalue weighted by atomic mass is 10.1. The van der Waals surface area contributed by atoms with Gasteiger partial charge in [-0.2, -0.15) is 0 Å². The molecule has 0 aromatic carbocycles. The van der Waals surface area contributed by atoms with E-state index in [4.69, 9.17) is 4.74 Å². The van der Waals surface area contributed by atoms with E-state index in [0.717, 1.165) is 6.20 Å². The summed E-state index contributed by atoms with van der Waals surface area (Å²) < 4.78 is 22.8. The molecule has 0 spiro atoms. The normalized spacial score (nSPS) is 11.2. The second-order valence-corrected chi connectivity index (χ2v) is 5.36. The smallest absolute Gasteiger partial charge is 0.334 e. The Balaban J connectivity index is 0.00000232.